The second kappa shape index (κ2) is 8.15. The molecule has 0 fully saturated rings. The van der Waals surface area contributed by atoms with Gasteiger partial charge in [-0.05, 0) is 56.7 Å². The maximum atomic E-state index is 12.6. The van der Waals surface area contributed by atoms with Crippen LogP contribution in [0.25, 0.3) is 11.4 Å². The number of hydrogen-bond acceptors (Lipinski definition) is 4. The summed E-state index contributed by atoms with van der Waals surface area (Å²) in [5.74, 6) is 0.666. The van der Waals surface area contributed by atoms with Crippen molar-refractivity contribution in [1.82, 2.24) is 14.8 Å². The van der Waals surface area contributed by atoms with Gasteiger partial charge in [-0.2, -0.15) is 0 Å². The number of thioether (sulfide) groups is 1. The van der Waals surface area contributed by atoms with Gasteiger partial charge in [-0.1, -0.05) is 41.1 Å². The highest BCUT2D eigenvalue weighted by atomic mass is 35.5. The number of halogens is 1. The minimum Gasteiger partial charge on any atom is -0.325 e. The highest BCUT2D eigenvalue weighted by Gasteiger charge is 2.20. The Bertz CT molecular complexity index is 969. The van der Waals surface area contributed by atoms with E-state index in [0.29, 0.717) is 10.2 Å². The summed E-state index contributed by atoms with van der Waals surface area (Å²) in [6, 6.07) is 13.4. The molecule has 0 saturated carbocycles. The molecule has 1 aromatic heterocycles. The zero-order chi connectivity index (χ0) is 19.6. The Morgan fingerprint density at radius 3 is 2.52 bits per heavy atom. The van der Waals surface area contributed by atoms with E-state index in [4.69, 9.17) is 11.6 Å². The van der Waals surface area contributed by atoms with E-state index in [1.807, 2.05) is 68.8 Å². The third kappa shape index (κ3) is 4.51. The van der Waals surface area contributed by atoms with Crippen molar-refractivity contribution in [3.8, 4) is 11.4 Å². The number of aromatic nitrogens is 3. The minimum absolute atomic E-state index is 0.0667. The van der Waals surface area contributed by atoms with Crippen molar-refractivity contribution in [1.29, 1.82) is 0 Å². The first-order valence-electron chi connectivity index (χ1n) is 8.55. The molecule has 1 N–H and O–H groups in total. The van der Waals surface area contributed by atoms with Crippen molar-refractivity contribution >= 4 is 35.0 Å². The van der Waals surface area contributed by atoms with E-state index >= 15 is 0 Å². The molecule has 140 valence electrons. The summed E-state index contributed by atoms with van der Waals surface area (Å²) in [6.45, 7) is 5.88. The lowest BCUT2D eigenvalue weighted by molar-refractivity contribution is -0.115. The van der Waals surface area contributed by atoms with Crippen LogP contribution in [0.1, 0.15) is 18.1 Å². The van der Waals surface area contributed by atoms with E-state index in [1.54, 1.807) is 0 Å². The smallest absolute Gasteiger partial charge is 0.237 e. The first kappa shape index (κ1) is 19.5. The second-order valence-electron chi connectivity index (χ2n) is 6.44. The number of benzene rings is 2. The van der Waals surface area contributed by atoms with Crippen LogP contribution >= 0.6 is 23.4 Å². The largest absolute Gasteiger partial charge is 0.325 e. The minimum atomic E-state index is -0.313. The van der Waals surface area contributed by atoms with Gasteiger partial charge in [0.1, 0.15) is 0 Å². The first-order valence-corrected chi connectivity index (χ1v) is 9.81. The third-order valence-electron chi connectivity index (χ3n) is 4.23. The van der Waals surface area contributed by atoms with Crippen molar-refractivity contribution in [2.75, 3.05) is 5.32 Å². The standard InChI is InChI=1S/C20H21ClN4OS/c1-12-5-10-17(13(2)11-12)22-19(26)14(3)27-20-24-23-18(25(20)4)15-6-8-16(21)9-7-15/h5-11,14H,1-4H3,(H,22,26)/t14-/m1/s1. The summed E-state index contributed by atoms with van der Waals surface area (Å²) in [7, 11) is 1.89. The average molecular weight is 401 g/mol. The van der Waals surface area contributed by atoms with Crippen LogP contribution in [0.3, 0.4) is 0 Å². The molecule has 1 amide bonds. The Morgan fingerprint density at radius 2 is 1.85 bits per heavy atom. The number of hydrogen-bond donors (Lipinski definition) is 1. The average Bonchev–Trinajstić information content (AvgIpc) is 2.98. The molecule has 1 atom stereocenters. The van der Waals surface area contributed by atoms with Crippen molar-refractivity contribution in [2.24, 2.45) is 7.05 Å². The van der Waals surface area contributed by atoms with Crippen LogP contribution in [0.2, 0.25) is 5.02 Å². The Balaban J connectivity index is 1.71. The number of aryl methyl sites for hydroxylation is 2. The molecular weight excluding hydrogens is 380 g/mol. The molecule has 0 aliphatic heterocycles. The predicted molar refractivity (Wildman–Crippen MR) is 111 cm³/mol. The molecule has 0 spiro atoms. The number of carbonyl (C=O) groups is 1. The Hall–Kier alpha value is -2.31. The number of rotatable bonds is 5. The summed E-state index contributed by atoms with van der Waals surface area (Å²) in [4.78, 5) is 12.6. The molecule has 27 heavy (non-hydrogen) atoms. The second-order valence-corrected chi connectivity index (χ2v) is 8.18. The summed E-state index contributed by atoms with van der Waals surface area (Å²) in [5.41, 5.74) is 3.97. The van der Waals surface area contributed by atoms with Gasteiger partial charge in [0, 0.05) is 23.3 Å². The molecule has 0 aliphatic carbocycles. The SMILES string of the molecule is Cc1ccc(NC(=O)[C@@H](C)Sc2nnc(-c3ccc(Cl)cc3)n2C)c(C)c1. The van der Waals surface area contributed by atoms with Gasteiger partial charge in [0.05, 0.1) is 5.25 Å². The van der Waals surface area contributed by atoms with Crippen molar-refractivity contribution in [2.45, 2.75) is 31.2 Å². The maximum absolute atomic E-state index is 12.6. The zero-order valence-corrected chi connectivity index (χ0v) is 17.2. The molecule has 3 rings (SSSR count). The molecule has 0 saturated heterocycles. The molecule has 0 bridgehead atoms. The fourth-order valence-corrected chi connectivity index (χ4v) is 3.61. The lowest BCUT2D eigenvalue weighted by atomic mass is 10.1. The van der Waals surface area contributed by atoms with Gasteiger partial charge in [-0.25, -0.2) is 0 Å². The fraction of sp³-hybridized carbons (Fsp3) is 0.250. The van der Waals surface area contributed by atoms with Crippen LogP contribution < -0.4 is 5.32 Å². The quantitative estimate of drug-likeness (QED) is 0.620. The fourth-order valence-electron chi connectivity index (χ4n) is 2.67. The Labute approximate surface area is 168 Å². The monoisotopic (exact) mass is 400 g/mol. The predicted octanol–water partition coefficient (Wildman–Crippen LogP) is 4.87. The van der Waals surface area contributed by atoms with E-state index in [-0.39, 0.29) is 11.2 Å². The topological polar surface area (TPSA) is 59.8 Å². The van der Waals surface area contributed by atoms with Gasteiger partial charge >= 0.3 is 0 Å². The summed E-state index contributed by atoms with van der Waals surface area (Å²) in [6.07, 6.45) is 0. The van der Waals surface area contributed by atoms with Crippen molar-refractivity contribution in [3.05, 3.63) is 58.6 Å². The molecule has 0 aliphatic rings. The highest BCUT2D eigenvalue weighted by Crippen LogP contribution is 2.27. The van der Waals surface area contributed by atoms with Crippen LogP contribution in [-0.4, -0.2) is 25.9 Å². The molecule has 3 aromatic rings. The summed E-state index contributed by atoms with van der Waals surface area (Å²) in [5, 5.41) is 12.5. The normalized spacial score (nSPS) is 12.0. The van der Waals surface area contributed by atoms with E-state index in [2.05, 4.69) is 21.6 Å². The molecule has 0 unspecified atom stereocenters. The van der Waals surface area contributed by atoms with E-state index < -0.39 is 0 Å². The molecular formula is C20H21ClN4OS. The van der Waals surface area contributed by atoms with Gasteiger partial charge in [0.25, 0.3) is 0 Å². The lowest BCUT2D eigenvalue weighted by Gasteiger charge is -2.13. The number of carbonyl (C=O) groups excluding carboxylic acids is 1. The third-order valence-corrected chi connectivity index (χ3v) is 5.61. The van der Waals surface area contributed by atoms with E-state index in [1.165, 1.54) is 17.3 Å². The van der Waals surface area contributed by atoms with Gasteiger partial charge in [0.2, 0.25) is 5.91 Å². The Kier molecular flexibility index (Phi) is 5.87. The molecule has 1 heterocycles. The van der Waals surface area contributed by atoms with Crippen LogP contribution in [0.5, 0.6) is 0 Å². The van der Waals surface area contributed by atoms with Gasteiger partial charge in [0.15, 0.2) is 11.0 Å². The van der Waals surface area contributed by atoms with Gasteiger partial charge in [-0.3, -0.25) is 4.79 Å². The molecule has 7 heteroatoms. The number of amides is 1. The maximum Gasteiger partial charge on any atom is 0.237 e. The van der Waals surface area contributed by atoms with E-state index in [9.17, 15) is 4.79 Å². The van der Waals surface area contributed by atoms with Crippen LogP contribution in [0, 0.1) is 13.8 Å². The summed E-state index contributed by atoms with van der Waals surface area (Å²) >= 11 is 7.32. The zero-order valence-electron chi connectivity index (χ0n) is 15.7. The van der Waals surface area contributed by atoms with Gasteiger partial charge in [-0.15, -0.1) is 10.2 Å². The highest BCUT2D eigenvalue weighted by molar-refractivity contribution is 8.00. The van der Waals surface area contributed by atoms with Crippen LogP contribution in [0.15, 0.2) is 47.6 Å². The lowest BCUT2D eigenvalue weighted by Crippen LogP contribution is -2.23. The number of nitrogens with one attached hydrogen (secondary N) is 1. The van der Waals surface area contributed by atoms with Crippen LogP contribution in [0.4, 0.5) is 5.69 Å². The Morgan fingerprint density at radius 1 is 1.15 bits per heavy atom. The molecule has 0 radical (unpaired) electrons. The van der Waals surface area contributed by atoms with Crippen molar-refractivity contribution < 1.29 is 4.79 Å². The number of nitrogens with zero attached hydrogens (tertiary/aromatic N) is 3. The number of anilines is 1. The van der Waals surface area contributed by atoms with Crippen LogP contribution in [-0.2, 0) is 11.8 Å². The van der Waals surface area contributed by atoms with Gasteiger partial charge < -0.3 is 9.88 Å². The van der Waals surface area contributed by atoms with E-state index in [0.717, 1.165) is 22.6 Å². The molecule has 5 nitrogen and oxygen atoms in total. The first-order chi connectivity index (χ1) is 12.8. The summed E-state index contributed by atoms with van der Waals surface area (Å²) < 4.78 is 1.88. The van der Waals surface area contributed by atoms with Crippen molar-refractivity contribution in [3.63, 3.8) is 0 Å². The molecule has 2 aromatic carbocycles.